The molecule has 2 heterocycles. The van der Waals surface area contributed by atoms with Gasteiger partial charge in [0.1, 0.15) is 5.82 Å². The van der Waals surface area contributed by atoms with Crippen molar-refractivity contribution in [2.45, 2.75) is 13.0 Å². The maximum Gasteiger partial charge on any atom is 0.255 e. The number of anilines is 2. The van der Waals surface area contributed by atoms with Gasteiger partial charge >= 0.3 is 0 Å². The Balaban J connectivity index is 1.52. The third-order valence-electron chi connectivity index (χ3n) is 3.79. The van der Waals surface area contributed by atoms with E-state index >= 15 is 0 Å². The molecule has 150 valence electrons. The van der Waals surface area contributed by atoms with E-state index in [9.17, 15) is 13.6 Å². The van der Waals surface area contributed by atoms with Gasteiger partial charge in [-0.25, -0.2) is 18.7 Å². The summed E-state index contributed by atoms with van der Waals surface area (Å²) in [6, 6.07) is 10.7. The highest BCUT2D eigenvalue weighted by Gasteiger charge is 2.04. The molecule has 0 radical (unpaired) electrons. The molecule has 1 amide bonds. The van der Waals surface area contributed by atoms with E-state index in [4.69, 9.17) is 11.6 Å². The van der Waals surface area contributed by atoms with Gasteiger partial charge in [0.15, 0.2) is 5.82 Å². The summed E-state index contributed by atoms with van der Waals surface area (Å²) in [5, 5.41) is 5.84. The average molecular weight is 418 g/mol. The summed E-state index contributed by atoms with van der Waals surface area (Å²) in [5.41, 5.74) is 1.68. The van der Waals surface area contributed by atoms with Crippen molar-refractivity contribution < 1.29 is 13.6 Å². The van der Waals surface area contributed by atoms with Crippen molar-refractivity contribution in [2.24, 2.45) is 0 Å². The summed E-state index contributed by atoms with van der Waals surface area (Å²) in [6.07, 6.45) is 5.29. The maximum absolute atomic E-state index is 12.2. The van der Waals surface area contributed by atoms with E-state index < -0.39 is 13.0 Å². The van der Waals surface area contributed by atoms with E-state index in [1.54, 1.807) is 36.8 Å². The number of nitrogens with zero attached hydrogens (tertiary/aromatic N) is 3. The number of hydrogen-bond acceptors (Lipinski definition) is 4. The van der Waals surface area contributed by atoms with Crippen molar-refractivity contribution in [2.75, 3.05) is 17.2 Å². The SMILES string of the molecule is O=C(/C=C/c1ccc(NCC(F)F)nc1)Nc1cn(Cc2cccc(Cl)c2)cn1. The van der Waals surface area contributed by atoms with Crippen LogP contribution in [0.5, 0.6) is 0 Å². The molecule has 0 unspecified atom stereocenters. The number of halogens is 3. The Labute approximate surface area is 171 Å². The standard InChI is InChI=1S/C20H18ClF2N5O/c21-16-3-1-2-15(8-16)11-28-12-19(26-13-28)27-20(29)7-5-14-4-6-18(24-9-14)25-10-17(22)23/h1-9,12-13,17H,10-11H2,(H,24,25)(H,27,29)/b7-5+. The van der Waals surface area contributed by atoms with Gasteiger partial charge in [0, 0.05) is 30.0 Å². The first-order chi connectivity index (χ1) is 14.0. The molecule has 0 fully saturated rings. The minimum atomic E-state index is -2.45. The molecule has 2 aromatic heterocycles. The third kappa shape index (κ3) is 6.69. The van der Waals surface area contributed by atoms with Crippen molar-refractivity contribution in [1.29, 1.82) is 0 Å². The van der Waals surface area contributed by atoms with Crippen LogP contribution < -0.4 is 10.6 Å². The minimum absolute atomic E-state index is 0.345. The Morgan fingerprint density at radius 1 is 1.21 bits per heavy atom. The highest BCUT2D eigenvalue weighted by molar-refractivity contribution is 6.30. The highest BCUT2D eigenvalue weighted by Crippen LogP contribution is 2.13. The molecule has 0 spiro atoms. The van der Waals surface area contributed by atoms with Gasteiger partial charge in [0.25, 0.3) is 6.43 Å². The normalized spacial score (nSPS) is 11.2. The molecule has 29 heavy (non-hydrogen) atoms. The monoisotopic (exact) mass is 417 g/mol. The lowest BCUT2D eigenvalue weighted by molar-refractivity contribution is -0.111. The second-order valence-electron chi connectivity index (χ2n) is 6.13. The predicted octanol–water partition coefficient (Wildman–Crippen LogP) is 4.31. The molecular weight excluding hydrogens is 400 g/mol. The van der Waals surface area contributed by atoms with E-state index in [0.717, 1.165) is 5.56 Å². The highest BCUT2D eigenvalue weighted by atomic mass is 35.5. The van der Waals surface area contributed by atoms with Crippen molar-refractivity contribution in [3.8, 4) is 0 Å². The van der Waals surface area contributed by atoms with Crippen LogP contribution >= 0.6 is 11.6 Å². The molecule has 6 nitrogen and oxygen atoms in total. The van der Waals surface area contributed by atoms with Gasteiger partial charge in [-0.15, -0.1) is 0 Å². The van der Waals surface area contributed by atoms with Crippen LogP contribution in [-0.4, -0.2) is 33.4 Å². The van der Waals surface area contributed by atoms with E-state index in [1.807, 2.05) is 22.8 Å². The largest absolute Gasteiger partial charge is 0.364 e. The number of hydrogen-bond donors (Lipinski definition) is 2. The van der Waals surface area contributed by atoms with Crippen LogP contribution in [0.1, 0.15) is 11.1 Å². The van der Waals surface area contributed by atoms with Gasteiger partial charge < -0.3 is 15.2 Å². The Bertz CT molecular complexity index is 989. The molecule has 0 saturated heterocycles. The molecule has 0 saturated carbocycles. The molecule has 9 heteroatoms. The lowest BCUT2D eigenvalue weighted by Crippen LogP contribution is -2.11. The van der Waals surface area contributed by atoms with Crippen LogP contribution in [0.4, 0.5) is 20.4 Å². The lowest BCUT2D eigenvalue weighted by Gasteiger charge is -2.04. The van der Waals surface area contributed by atoms with Crippen LogP contribution in [0.15, 0.2) is 61.2 Å². The summed E-state index contributed by atoms with van der Waals surface area (Å²) in [4.78, 5) is 20.2. The Kier molecular flexibility index (Phi) is 6.91. The summed E-state index contributed by atoms with van der Waals surface area (Å²) in [6.45, 7) is 0.117. The fourth-order valence-corrected chi connectivity index (χ4v) is 2.70. The molecular formula is C20H18ClF2N5O. The van der Waals surface area contributed by atoms with Gasteiger partial charge in [-0.1, -0.05) is 23.7 Å². The first-order valence-electron chi connectivity index (χ1n) is 8.71. The van der Waals surface area contributed by atoms with Gasteiger partial charge in [-0.2, -0.15) is 0 Å². The number of alkyl halides is 2. The first kappa shape index (κ1) is 20.5. The van der Waals surface area contributed by atoms with Crippen molar-refractivity contribution >= 4 is 35.2 Å². The molecule has 0 aliphatic heterocycles. The average Bonchev–Trinajstić information content (AvgIpc) is 3.12. The van der Waals surface area contributed by atoms with Crippen molar-refractivity contribution in [1.82, 2.24) is 14.5 Å². The number of benzene rings is 1. The van der Waals surface area contributed by atoms with E-state index in [0.29, 0.717) is 28.8 Å². The first-order valence-corrected chi connectivity index (χ1v) is 9.09. The van der Waals surface area contributed by atoms with Crippen LogP contribution in [0, 0.1) is 0 Å². The Hall–Kier alpha value is -3.26. The molecule has 2 N–H and O–H groups in total. The van der Waals surface area contributed by atoms with E-state index in [2.05, 4.69) is 20.6 Å². The van der Waals surface area contributed by atoms with Gasteiger partial charge in [-0.05, 0) is 41.5 Å². The summed E-state index contributed by atoms with van der Waals surface area (Å²) >= 11 is 5.98. The fraction of sp³-hybridized carbons (Fsp3) is 0.150. The Morgan fingerprint density at radius 3 is 2.79 bits per heavy atom. The number of imidazole rings is 1. The number of carbonyl (C=O) groups is 1. The van der Waals surface area contributed by atoms with Crippen LogP contribution in [0.3, 0.4) is 0 Å². The Morgan fingerprint density at radius 2 is 2.07 bits per heavy atom. The summed E-state index contributed by atoms with van der Waals surface area (Å²) < 4.78 is 26.1. The summed E-state index contributed by atoms with van der Waals surface area (Å²) in [5.74, 6) is 0.418. The fourth-order valence-electron chi connectivity index (χ4n) is 2.49. The molecule has 1 aromatic carbocycles. The molecule has 3 aromatic rings. The van der Waals surface area contributed by atoms with Gasteiger partial charge in [-0.3, -0.25) is 4.79 Å². The van der Waals surface area contributed by atoms with E-state index in [-0.39, 0.29) is 5.91 Å². The molecule has 0 bridgehead atoms. The molecule has 3 rings (SSSR count). The molecule has 0 atom stereocenters. The second-order valence-corrected chi connectivity index (χ2v) is 6.57. The number of amides is 1. The minimum Gasteiger partial charge on any atom is -0.364 e. The summed E-state index contributed by atoms with van der Waals surface area (Å²) in [7, 11) is 0. The zero-order valence-corrected chi connectivity index (χ0v) is 16.0. The van der Waals surface area contributed by atoms with Crippen LogP contribution in [0.2, 0.25) is 5.02 Å². The van der Waals surface area contributed by atoms with Gasteiger partial charge in [0.2, 0.25) is 5.91 Å². The van der Waals surface area contributed by atoms with Crippen LogP contribution in [0.25, 0.3) is 6.08 Å². The number of rotatable bonds is 8. The molecule has 0 aliphatic rings. The smallest absolute Gasteiger partial charge is 0.255 e. The zero-order valence-electron chi connectivity index (χ0n) is 15.2. The van der Waals surface area contributed by atoms with Gasteiger partial charge in [0.05, 0.1) is 12.9 Å². The topological polar surface area (TPSA) is 71.8 Å². The van der Waals surface area contributed by atoms with Crippen molar-refractivity contribution in [3.05, 3.63) is 77.3 Å². The van der Waals surface area contributed by atoms with Crippen LogP contribution in [-0.2, 0) is 11.3 Å². The zero-order chi connectivity index (χ0) is 20.6. The third-order valence-corrected chi connectivity index (χ3v) is 4.02. The lowest BCUT2D eigenvalue weighted by atomic mass is 10.2. The number of pyridine rings is 1. The maximum atomic E-state index is 12.2. The number of carbonyl (C=O) groups excluding carboxylic acids is 1. The quantitative estimate of drug-likeness (QED) is 0.536. The predicted molar refractivity (Wildman–Crippen MR) is 109 cm³/mol. The molecule has 0 aliphatic carbocycles. The number of nitrogens with one attached hydrogen (secondary N) is 2. The number of aromatic nitrogens is 3. The second kappa shape index (κ2) is 9.79. The van der Waals surface area contributed by atoms with Crippen molar-refractivity contribution in [3.63, 3.8) is 0 Å². The van der Waals surface area contributed by atoms with E-state index in [1.165, 1.54) is 12.3 Å².